The summed E-state index contributed by atoms with van der Waals surface area (Å²) in [6.45, 7) is 5.68. The summed E-state index contributed by atoms with van der Waals surface area (Å²) in [4.78, 5) is 20.7. The van der Waals surface area contributed by atoms with E-state index in [0.29, 0.717) is 27.3 Å². The molecular formula is C18H24BrN5O5S. The topological polar surface area (TPSA) is 110 Å². The first-order chi connectivity index (χ1) is 14.3. The number of hydrogen-bond donors (Lipinski definition) is 0. The number of halogens is 1. The van der Waals surface area contributed by atoms with Gasteiger partial charge in [-0.2, -0.15) is 0 Å². The van der Waals surface area contributed by atoms with Gasteiger partial charge in [0, 0.05) is 12.2 Å². The Morgan fingerprint density at radius 2 is 2.10 bits per heavy atom. The lowest BCUT2D eigenvalue weighted by atomic mass is 10.2. The predicted molar refractivity (Wildman–Crippen MR) is 111 cm³/mol. The minimum atomic E-state index is -0.769. The van der Waals surface area contributed by atoms with E-state index >= 15 is 0 Å². The maximum absolute atomic E-state index is 11.6. The Bertz CT molecular complexity index is 941. The van der Waals surface area contributed by atoms with Crippen LogP contribution in [0.25, 0.3) is 11.2 Å². The van der Waals surface area contributed by atoms with Gasteiger partial charge in [-0.05, 0) is 36.2 Å². The molecule has 2 aliphatic rings. The highest BCUT2D eigenvalue weighted by molar-refractivity contribution is 9.10. The summed E-state index contributed by atoms with van der Waals surface area (Å²) >= 11 is 5.07. The van der Waals surface area contributed by atoms with Gasteiger partial charge in [0.1, 0.15) is 23.4 Å². The van der Waals surface area contributed by atoms with Crippen LogP contribution in [0.3, 0.4) is 0 Å². The van der Waals surface area contributed by atoms with Crippen LogP contribution < -0.4 is 0 Å². The molecule has 164 valence electrons. The summed E-state index contributed by atoms with van der Waals surface area (Å²) in [5.74, 6) is -0.286. The third kappa shape index (κ3) is 4.20. The second-order valence-electron chi connectivity index (χ2n) is 7.65. The summed E-state index contributed by atoms with van der Waals surface area (Å²) in [5.41, 5.74) is 1.21. The van der Waals surface area contributed by atoms with Gasteiger partial charge in [0.05, 0.1) is 19.3 Å². The maximum atomic E-state index is 11.6. The number of carbonyl (C=O) groups excluding carboxylic acids is 1. The van der Waals surface area contributed by atoms with Gasteiger partial charge in [0.15, 0.2) is 22.1 Å². The fourth-order valence-corrected chi connectivity index (χ4v) is 5.04. The van der Waals surface area contributed by atoms with Crippen LogP contribution in [0.5, 0.6) is 0 Å². The van der Waals surface area contributed by atoms with Crippen molar-refractivity contribution in [1.29, 1.82) is 0 Å². The number of thioether (sulfide) groups is 1. The number of methoxy groups -OCH3 is 1. The average Bonchev–Trinajstić information content (AvgIpc) is 3.35. The van der Waals surface area contributed by atoms with Crippen molar-refractivity contribution in [2.45, 2.75) is 68.9 Å². The molecular weight excluding hydrogens is 478 g/mol. The molecule has 2 aromatic rings. The first-order valence-corrected chi connectivity index (χ1v) is 11.6. The van der Waals surface area contributed by atoms with Gasteiger partial charge in [0.2, 0.25) is 0 Å². The summed E-state index contributed by atoms with van der Waals surface area (Å²) in [6, 6.07) is -0.213. The molecule has 1 aliphatic carbocycles. The summed E-state index contributed by atoms with van der Waals surface area (Å²) in [6.07, 6.45) is 0.563. The molecule has 2 aromatic heterocycles. The van der Waals surface area contributed by atoms with Crippen LogP contribution in [0.15, 0.2) is 9.76 Å². The van der Waals surface area contributed by atoms with E-state index in [9.17, 15) is 4.79 Å². The van der Waals surface area contributed by atoms with E-state index in [1.807, 2.05) is 13.8 Å². The second-order valence-corrected chi connectivity index (χ2v) is 9.46. The fourth-order valence-electron chi connectivity index (χ4n) is 3.80. The van der Waals surface area contributed by atoms with E-state index in [4.69, 9.17) is 14.2 Å². The Hall–Kier alpha value is -1.34. The van der Waals surface area contributed by atoms with Crippen LogP contribution in [0, 0.1) is 0 Å². The maximum Gasteiger partial charge on any atom is 0.331 e. The quantitative estimate of drug-likeness (QED) is 0.242. The first kappa shape index (κ1) is 21.9. The fraction of sp³-hybridized carbons (Fsp3) is 0.722. The first-order valence-electron chi connectivity index (χ1n) is 9.78. The van der Waals surface area contributed by atoms with Crippen molar-refractivity contribution < 1.29 is 23.7 Å². The largest absolute Gasteiger partial charge is 0.467 e. The highest BCUT2D eigenvalue weighted by atomic mass is 79.9. The lowest BCUT2D eigenvalue weighted by Gasteiger charge is -2.23. The Morgan fingerprint density at radius 3 is 2.83 bits per heavy atom. The lowest BCUT2D eigenvalue weighted by Crippen LogP contribution is -2.32. The minimum absolute atomic E-state index is 0.148. The number of hydrogen-bond acceptors (Lipinski definition) is 10. The van der Waals surface area contributed by atoms with Crippen molar-refractivity contribution in [2.24, 2.45) is 0 Å². The monoisotopic (exact) mass is 501 g/mol. The summed E-state index contributed by atoms with van der Waals surface area (Å²) in [7, 11) is 1.33. The van der Waals surface area contributed by atoms with Gasteiger partial charge in [-0.1, -0.05) is 23.9 Å². The van der Waals surface area contributed by atoms with Gasteiger partial charge < -0.3 is 18.9 Å². The zero-order valence-electron chi connectivity index (χ0n) is 17.2. The third-order valence-corrected chi connectivity index (χ3v) is 6.64. The predicted octanol–water partition coefficient (Wildman–Crippen LogP) is 2.51. The normalized spacial score (nSPS) is 27.5. The SMILES string of the molecule is CCCSc1nc(Br)c2nnn([C@@H]3C[C@H](OCC(=O)OC)[C@H]4OC(C)(C)OC34)c2n1. The molecule has 10 nitrogen and oxygen atoms in total. The van der Waals surface area contributed by atoms with E-state index in [-0.39, 0.29) is 31.0 Å². The van der Waals surface area contributed by atoms with E-state index in [1.165, 1.54) is 7.11 Å². The molecule has 0 bridgehead atoms. The summed E-state index contributed by atoms with van der Waals surface area (Å²) in [5, 5.41) is 9.29. The lowest BCUT2D eigenvalue weighted by molar-refractivity contribution is -0.173. The molecule has 2 fully saturated rings. The van der Waals surface area contributed by atoms with Gasteiger partial charge in [-0.3, -0.25) is 0 Å². The molecule has 1 saturated carbocycles. The molecule has 12 heteroatoms. The van der Waals surface area contributed by atoms with Crippen molar-refractivity contribution in [3.8, 4) is 0 Å². The van der Waals surface area contributed by atoms with Crippen LogP contribution in [0.4, 0.5) is 0 Å². The standard InChI is InChI=1S/C18H24BrN5O5S/c1-5-6-30-17-20-15(19)12-16(21-17)24(23-22-12)9-7-10(27-8-11(25)26-4)14-13(9)28-18(2,3)29-14/h9-10,13-14H,5-8H2,1-4H3/t9-,10+,13?,14-/m1/s1. The van der Waals surface area contributed by atoms with E-state index in [2.05, 4.69) is 47.9 Å². The molecule has 4 rings (SSSR count). The highest BCUT2D eigenvalue weighted by Gasteiger charge is 2.56. The number of fused-ring (bicyclic) bond motifs is 2. The van der Waals surface area contributed by atoms with Gasteiger partial charge >= 0.3 is 5.97 Å². The third-order valence-electron chi connectivity index (χ3n) is 5.04. The van der Waals surface area contributed by atoms with Crippen LogP contribution in [0.2, 0.25) is 0 Å². The van der Waals surface area contributed by atoms with Crippen LogP contribution in [-0.2, 0) is 23.7 Å². The van der Waals surface area contributed by atoms with Crippen molar-refractivity contribution >= 4 is 44.8 Å². The number of esters is 1. The molecule has 1 unspecified atom stereocenters. The zero-order chi connectivity index (χ0) is 21.5. The number of nitrogens with zero attached hydrogens (tertiary/aromatic N) is 5. The molecule has 0 amide bonds. The second kappa shape index (κ2) is 8.65. The van der Waals surface area contributed by atoms with Crippen LogP contribution in [-0.4, -0.2) is 74.5 Å². The summed E-state index contributed by atoms with van der Waals surface area (Å²) < 4.78 is 25.1. The zero-order valence-corrected chi connectivity index (χ0v) is 19.6. The molecule has 0 spiro atoms. The Balaban J connectivity index is 1.66. The van der Waals surface area contributed by atoms with Crippen LogP contribution in [0.1, 0.15) is 39.7 Å². The van der Waals surface area contributed by atoms with E-state index in [1.54, 1.807) is 16.4 Å². The molecule has 1 saturated heterocycles. The average molecular weight is 502 g/mol. The van der Waals surface area contributed by atoms with E-state index in [0.717, 1.165) is 12.2 Å². The Labute approximate surface area is 186 Å². The van der Waals surface area contributed by atoms with E-state index < -0.39 is 11.8 Å². The molecule has 3 heterocycles. The van der Waals surface area contributed by atoms with Crippen molar-refractivity contribution in [1.82, 2.24) is 25.0 Å². The number of aromatic nitrogens is 5. The van der Waals surface area contributed by atoms with Gasteiger partial charge in [0.25, 0.3) is 0 Å². The van der Waals surface area contributed by atoms with Gasteiger partial charge in [-0.25, -0.2) is 19.4 Å². The molecule has 0 radical (unpaired) electrons. The Kier molecular flexibility index (Phi) is 6.31. The molecule has 30 heavy (non-hydrogen) atoms. The van der Waals surface area contributed by atoms with Crippen LogP contribution >= 0.6 is 27.7 Å². The van der Waals surface area contributed by atoms with Crippen molar-refractivity contribution in [2.75, 3.05) is 19.5 Å². The molecule has 1 aliphatic heterocycles. The Morgan fingerprint density at radius 1 is 1.33 bits per heavy atom. The molecule has 4 atom stereocenters. The number of rotatable bonds is 7. The molecule has 0 N–H and O–H groups in total. The number of ether oxygens (including phenoxy) is 4. The smallest absolute Gasteiger partial charge is 0.331 e. The van der Waals surface area contributed by atoms with Crippen molar-refractivity contribution in [3.05, 3.63) is 4.60 Å². The van der Waals surface area contributed by atoms with Gasteiger partial charge in [-0.15, -0.1) is 5.10 Å². The number of carbonyl (C=O) groups is 1. The minimum Gasteiger partial charge on any atom is -0.467 e. The van der Waals surface area contributed by atoms with Crippen molar-refractivity contribution in [3.63, 3.8) is 0 Å². The molecule has 0 aromatic carbocycles. The highest BCUT2D eigenvalue weighted by Crippen LogP contribution is 2.45.